The Balaban J connectivity index is 3.24. The van der Waals surface area contributed by atoms with Crippen LogP contribution in [0.4, 0.5) is 0 Å². The van der Waals surface area contributed by atoms with Gasteiger partial charge in [-0.05, 0) is 13.0 Å². The Kier molecular flexibility index (Phi) is 4.49. The minimum atomic E-state index is -0.0307. The molecule has 4 nitrogen and oxygen atoms in total. The lowest BCUT2D eigenvalue weighted by atomic mass is 10.1. The summed E-state index contributed by atoms with van der Waals surface area (Å²) in [5.74, 6) is 0.270. The molecule has 0 aliphatic carbocycles. The number of nitrogens with zero attached hydrogens (tertiary/aromatic N) is 2. The summed E-state index contributed by atoms with van der Waals surface area (Å²) in [7, 11) is 3.36. The number of amides is 1. The van der Waals surface area contributed by atoms with E-state index in [4.69, 9.17) is 4.84 Å². The highest BCUT2D eigenvalue weighted by atomic mass is 16.6. The van der Waals surface area contributed by atoms with Gasteiger partial charge in [0.15, 0.2) is 0 Å². The maximum absolute atomic E-state index is 12.2. The average Bonchev–Trinajstić information content (AvgIpc) is 2.35. The molecule has 0 unspecified atom stereocenters. The molecule has 1 amide bonds. The van der Waals surface area contributed by atoms with E-state index in [0.717, 1.165) is 5.69 Å². The van der Waals surface area contributed by atoms with Gasteiger partial charge in [-0.15, -0.1) is 0 Å². The number of hydrogen-bond donors (Lipinski definition) is 0. The van der Waals surface area contributed by atoms with Gasteiger partial charge in [0.25, 0.3) is 0 Å². The molecule has 1 aromatic rings. The van der Waals surface area contributed by atoms with Gasteiger partial charge in [0.1, 0.15) is 7.11 Å². The van der Waals surface area contributed by atoms with Crippen molar-refractivity contribution in [3.63, 3.8) is 0 Å². The minimum Gasteiger partial charge on any atom is -0.337 e. The quantitative estimate of drug-likeness (QED) is 0.738. The minimum absolute atomic E-state index is 0.0307. The van der Waals surface area contributed by atoms with Gasteiger partial charge >= 0.3 is 11.6 Å². The van der Waals surface area contributed by atoms with Gasteiger partial charge in [0.05, 0.1) is 0 Å². The van der Waals surface area contributed by atoms with Gasteiger partial charge < -0.3 is 4.90 Å². The highest BCUT2D eigenvalue weighted by Gasteiger charge is 2.27. The van der Waals surface area contributed by atoms with Gasteiger partial charge in [0, 0.05) is 36.4 Å². The molecule has 1 aromatic heterocycles. The maximum atomic E-state index is 12.2. The molecular formula is C13H21N2O2+. The van der Waals surface area contributed by atoms with E-state index in [9.17, 15) is 4.79 Å². The molecule has 4 heteroatoms. The van der Waals surface area contributed by atoms with Crippen molar-refractivity contribution in [3.05, 3.63) is 29.6 Å². The summed E-state index contributed by atoms with van der Waals surface area (Å²) in [6.45, 7) is 6.76. The van der Waals surface area contributed by atoms with Crippen LogP contribution in [-0.4, -0.2) is 31.5 Å². The molecule has 0 radical (unpaired) electrons. The summed E-state index contributed by atoms with van der Waals surface area (Å²) < 4.78 is 1.61. The van der Waals surface area contributed by atoms with Crippen LogP contribution in [0.15, 0.2) is 18.2 Å². The fourth-order valence-corrected chi connectivity index (χ4v) is 1.64. The molecule has 0 atom stereocenters. The second-order valence-corrected chi connectivity index (χ2v) is 4.29. The molecule has 0 saturated heterocycles. The monoisotopic (exact) mass is 237 g/mol. The molecule has 17 heavy (non-hydrogen) atoms. The van der Waals surface area contributed by atoms with Gasteiger partial charge in [-0.2, -0.15) is 0 Å². The summed E-state index contributed by atoms with van der Waals surface area (Å²) >= 11 is 0. The van der Waals surface area contributed by atoms with Crippen molar-refractivity contribution in [1.82, 2.24) is 4.90 Å². The molecule has 0 aliphatic heterocycles. The van der Waals surface area contributed by atoms with Crippen LogP contribution in [0.3, 0.4) is 0 Å². The second-order valence-electron chi connectivity index (χ2n) is 4.29. The maximum Gasteiger partial charge on any atom is 0.323 e. The normalized spacial score (nSPS) is 10.5. The van der Waals surface area contributed by atoms with Crippen molar-refractivity contribution >= 4 is 5.91 Å². The van der Waals surface area contributed by atoms with Gasteiger partial charge in [-0.3, -0.25) is 9.63 Å². The first kappa shape index (κ1) is 13.5. The Hall–Kier alpha value is -1.58. The third kappa shape index (κ3) is 2.75. The predicted octanol–water partition coefficient (Wildman–Crippen LogP) is 1.25. The summed E-state index contributed by atoms with van der Waals surface area (Å²) in [5.41, 5.74) is 1.55. The summed E-state index contributed by atoms with van der Waals surface area (Å²) in [6.07, 6.45) is 0. The third-order valence-corrected chi connectivity index (χ3v) is 2.79. The van der Waals surface area contributed by atoms with Crippen LogP contribution in [0.5, 0.6) is 0 Å². The Morgan fingerprint density at radius 3 is 2.59 bits per heavy atom. The average molecular weight is 237 g/mol. The first-order chi connectivity index (χ1) is 8.02. The van der Waals surface area contributed by atoms with Crippen molar-refractivity contribution in [1.29, 1.82) is 0 Å². The largest absolute Gasteiger partial charge is 0.337 e. The van der Waals surface area contributed by atoms with Crippen LogP contribution in [0.25, 0.3) is 0 Å². The molecular weight excluding hydrogens is 216 g/mol. The van der Waals surface area contributed by atoms with Crippen LogP contribution < -0.4 is 9.57 Å². The lowest BCUT2D eigenvalue weighted by Crippen LogP contribution is -2.52. The van der Waals surface area contributed by atoms with E-state index in [1.165, 1.54) is 0 Å². The van der Waals surface area contributed by atoms with E-state index in [2.05, 4.69) is 13.8 Å². The first-order valence-corrected chi connectivity index (χ1v) is 5.87. The van der Waals surface area contributed by atoms with Crippen LogP contribution in [0.2, 0.25) is 0 Å². The van der Waals surface area contributed by atoms with Crippen LogP contribution in [0, 0.1) is 0 Å². The standard InChI is InChI=1S/C13H21N2O2/c1-6-14(4)13(16)12-9-7-8-11(10(2)3)15(12)17-5/h7-10H,6H2,1-5H3/q+1. The lowest BCUT2D eigenvalue weighted by molar-refractivity contribution is -0.892. The first-order valence-electron chi connectivity index (χ1n) is 5.87. The van der Waals surface area contributed by atoms with Crippen molar-refractivity contribution in [2.75, 3.05) is 20.7 Å². The van der Waals surface area contributed by atoms with E-state index in [0.29, 0.717) is 18.2 Å². The van der Waals surface area contributed by atoms with Gasteiger partial charge in [-0.1, -0.05) is 13.8 Å². The number of hydrogen-bond acceptors (Lipinski definition) is 2. The molecule has 94 valence electrons. The van der Waals surface area contributed by atoms with Crippen molar-refractivity contribution < 1.29 is 14.4 Å². The van der Waals surface area contributed by atoms with E-state index >= 15 is 0 Å². The van der Waals surface area contributed by atoms with E-state index < -0.39 is 0 Å². The van der Waals surface area contributed by atoms with Crippen LogP contribution >= 0.6 is 0 Å². The van der Waals surface area contributed by atoms with Gasteiger partial charge in [0.2, 0.25) is 5.69 Å². The highest BCUT2D eigenvalue weighted by Crippen LogP contribution is 2.10. The number of carbonyl (C=O) groups is 1. The van der Waals surface area contributed by atoms with Crippen LogP contribution in [-0.2, 0) is 0 Å². The predicted molar refractivity (Wildman–Crippen MR) is 65.9 cm³/mol. The molecule has 1 rings (SSSR count). The SMILES string of the molecule is CCN(C)C(=O)c1cccc(C(C)C)[n+]1OC. The molecule has 0 aromatic carbocycles. The van der Waals surface area contributed by atoms with E-state index in [1.807, 2.05) is 19.1 Å². The Morgan fingerprint density at radius 1 is 1.47 bits per heavy atom. The van der Waals surface area contributed by atoms with E-state index in [1.54, 1.807) is 29.9 Å². The van der Waals surface area contributed by atoms with Crippen molar-refractivity contribution in [3.8, 4) is 0 Å². The zero-order chi connectivity index (χ0) is 13.0. The Bertz CT molecular complexity index is 402. The molecule has 0 bridgehead atoms. The third-order valence-electron chi connectivity index (χ3n) is 2.79. The second kappa shape index (κ2) is 5.66. The van der Waals surface area contributed by atoms with E-state index in [-0.39, 0.29) is 5.91 Å². The lowest BCUT2D eigenvalue weighted by Gasteiger charge is -2.13. The smallest absolute Gasteiger partial charge is 0.323 e. The molecule has 0 spiro atoms. The fourth-order valence-electron chi connectivity index (χ4n) is 1.64. The number of pyridine rings is 1. The summed E-state index contributed by atoms with van der Waals surface area (Å²) in [6, 6.07) is 5.64. The van der Waals surface area contributed by atoms with Gasteiger partial charge in [-0.25, -0.2) is 0 Å². The van der Waals surface area contributed by atoms with Crippen LogP contribution in [0.1, 0.15) is 42.9 Å². The number of aromatic nitrogens is 1. The Morgan fingerprint density at radius 2 is 2.12 bits per heavy atom. The highest BCUT2D eigenvalue weighted by molar-refractivity contribution is 5.90. The molecule has 0 saturated carbocycles. The van der Waals surface area contributed by atoms with Crippen molar-refractivity contribution in [2.45, 2.75) is 26.7 Å². The Labute approximate surface area is 103 Å². The number of rotatable bonds is 4. The molecule has 1 heterocycles. The summed E-state index contributed by atoms with van der Waals surface area (Å²) in [4.78, 5) is 19.1. The molecule has 0 aliphatic rings. The topological polar surface area (TPSA) is 33.4 Å². The molecule has 0 N–H and O–H groups in total. The summed E-state index contributed by atoms with van der Waals surface area (Å²) in [5, 5.41) is 0. The molecule has 0 fully saturated rings. The zero-order valence-electron chi connectivity index (χ0n) is 11.2. The number of carbonyl (C=O) groups excluding carboxylic acids is 1. The fraction of sp³-hybridized carbons (Fsp3) is 0.538. The van der Waals surface area contributed by atoms with Crippen molar-refractivity contribution in [2.24, 2.45) is 0 Å². The zero-order valence-corrected chi connectivity index (χ0v) is 11.2.